The van der Waals surface area contributed by atoms with E-state index in [0.29, 0.717) is 122 Å². The topological polar surface area (TPSA) is 262 Å². The van der Waals surface area contributed by atoms with Crippen molar-refractivity contribution in [3.05, 3.63) is 58.7 Å². The van der Waals surface area contributed by atoms with Gasteiger partial charge in [-0.25, -0.2) is 36.4 Å². The van der Waals surface area contributed by atoms with Crippen LogP contribution in [-0.2, 0) is 76.6 Å². The minimum absolute atomic E-state index is 0.01000. The molecule has 0 bridgehead atoms. The summed E-state index contributed by atoms with van der Waals surface area (Å²) in [4.78, 5) is 47.4. The van der Waals surface area contributed by atoms with Crippen LogP contribution in [-0.4, -0.2) is 214 Å². The number of rotatable bonds is 43. The third-order valence-corrected chi connectivity index (χ3v) is 11.7. The summed E-state index contributed by atoms with van der Waals surface area (Å²) in [6, 6.07) is 4.44. The Kier molecular flexibility index (Phi) is 33.2. The molecule has 3 rings (SSSR count). The number of nitrogens with one attached hydrogen (secondary N) is 1. The Labute approximate surface area is 440 Å². The minimum Gasteiger partial charge on any atom is -0.447 e. The molecular weight excluding hydrogens is 1040 g/mol. The molecule has 2 amide bonds. The maximum absolute atomic E-state index is 13.6. The monoisotopic (exact) mass is 1110 g/mol. The lowest BCUT2D eigenvalue weighted by Crippen LogP contribution is -2.37. The van der Waals surface area contributed by atoms with Crippen molar-refractivity contribution in [3.63, 3.8) is 0 Å². The van der Waals surface area contributed by atoms with E-state index < -0.39 is 63.4 Å². The number of nitrogens with two attached hydrogens (primary N) is 1. The Bertz CT molecular complexity index is 2190. The van der Waals surface area contributed by atoms with Gasteiger partial charge in [-0.3, -0.25) is 14.4 Å². The summed E-state index contributed by atoms with van der Waals surface area (Å²) < 4.78 is 143. The number of alkyl carbamates (subject to hydrolysis) is 1. The van der Waals surface area contributed by atoms with E-state index in [1.807, 2.05) is 6.92 Å². The number of esters is 1. The predicted molar refractivity (Wildman–Crippen MR) is 263 cm³/mol. The molecule has 0 fully saturated rings. The quantitative estimate of drug-likeness (QED) is 0.0241. The molecule has 28 heteroatoms. The molecule has 0 spiro atoms. The summed E-state index contributed by atoms with van der Waals surface area (Å²) in [5, 5.41) is 3.75. The average molecular weight is 1110 g/mol. The molecule has 76 heavy (non-hydrogen) atoms. The smallest absolute Gasteiger partial charge is 0.407 e. The standard InChI is InChI=1S/C48H71F4N5O18S/c1-4-9-57(47(59)37-32-36-5-6-38(76(61,62)56(2)3)34-41(36)55-42(53)33-37)74-11-8-54-48(60)73-31-30-72-29-28-71-27-26-70-25-24-69-23-22-68-21-20-67-19-18-66-17-16-65-15-14-64-13-12-63-10-7-43(58)75-46-44(51)39(49)35-40(50)45(46)52/h5-6,32,34-35H,4,7-31,33H2,1-3H3,(H2,53,55)(H,54,60). The van der Waals surface area contributed by atoms with Crippen molar-refractivity contribution in [3.8, 4) is 5.75 Å². The molecule has 0 radical (unpaired) electrons. The van der Waals surface area contributed by atoms with Crippen LogP contribution in [0.4, 0.5) is 28.0 Å². The molecule has 1 heterocycles. The van der Waals surface area contributed by atoms with Gasteiger partial charge in [0.25, 0.3) is 5.91 Å². The number of benzene rings is 2. The first-order chi connectivity index (χ1) is 36.6. The fraction of sp³-hybridized carbons (Fsp3) is 0.625. The van der Waals surface area contributed by atoms with Crippen LogP contribution in [0.5, 0.6) is 5.75 Å². The number of nitrogens with zero attached hydrogens (tertiary/aromatic N) is 3. The number of aliphatic imine (C=N–C) groups is 1. The van der Waals surface area contributed by atoms with Gasteiger partial charge in [-0.05, 0) is 24.6 Å². The molecule has 1 aliphatic rings. The summed E-state index contributed by atoms with van der Waals surface area (Å²) in [6.45, 7) is 8.31. The van der Waals surface area contributed by atoms with E-state index in [1.165, 1.54) is 31.3 Å². The first kappa shape index (κ1) is 65.3. The molecule has 0 unspecified atom stereocenters. The summed E-state index contributed by atoms with van der Waals surface area (Å²) in [6.07, 6.45) is 1.14. The van der Waals surface area contributed by atoms with Crippen LogP contribution >= 0.6 is 0 Å². The maximum atomic E-state index is 13.6. The van der Waals surface area contributed by atoms with Gasteiger partial charge in [-0.15, -0.1) is 0 Å². The second-order valence-corrected chi connectivity index (χ2v) is 18.1. The molecule has 2 aromatic carbocycles. The number of hydrogen-bond donors (Lipinski definition) is 2. The molecule has 430 valence electrons. The Balaban J connectivity index is 1.02. The molecule has 1 aliphatic heterocycles. The van der Waals surface area contributed by atoms with Gasteiger partial charge < -0.3 is 67.9 Å². The number of ether oxygens (including phenoxy) is 12. The van der Waals surface area contributed by atoms with Crippen LogP contribution < -0.4 is 15.8 Å². The van der Waals surface area contributed by atoms with Crippen LogP contribution in [0, 0.1) is 23.3 Å². The van der Waals surface area contributed by atoms with E-state index in [0.717, 1.165) is 4.31 Å². The highest BCUT2D eigenvalue weighted by Gasteiger charge is 2.25. The Morgan fingerprint density at radius 3 is 1.54 bits per heavy atom. The summed E-state index contributed by atoms with van der Waals surface area (Å²) in [5.74, 6) is -9.86. The Morgan fingerprint density at radius 2 is 1.09 bits per heavy atom. The van der Waals surface area contributed by atoms with E-state index in [-0.39, 0.29) is 82.6 Å². The fourth-order valence-corrected chi connectivity index (χ4v) is 6.99. The van der Waals surface area contributed by atoms with Gasteiger partial charge in [0, 0.05) is 50.8 Å². The summed E-state index contributed by atoms with van der Waals surface area (Å²) in [7, 11) is -0.848. The van der Waals surface area contributed by atoms with Gasteiger partial charge >= 0.3 is 12.1 Å². The van der Waals surface area contributed by atoms with Gasteiger partial charge in [0.2, 0.25) is 27.4 Å². The number of sulfonamides is 1. The largest absolute Gasteiger partial charge is 0.447 e. The van der Waals surface area contributed by atoms with E-state index in [2.05, 4.69) is 15.0 Å². The number of amides is 2. The first-order valence-electron chi connectivity index (χ1n) is 24.4. The van der Waals surface area contributed by atoms with E-state index in [9.17, 15) is 40.4 Å². The molecule has 23 nitrogen and oxygen atoms in total. The van der Waals surface area contributed by atoms with E-state index in [1.54, 1.807) is 12.1 Å². The SMILES string of the molecule is CCCN(OCCNC(=O)OCCOCCOCCOCCOCCOCCOCCOCCOCCOCCOCCC(=O)Oc1c(F)c(F)cc(F)c1F)C(=O)C1=Cc2ccc(S(=O)(=O)N(C)C)cc2N=C(N)C1. The van der Waals surface area contributed by atoms with Crippen molar-refractivity contribution in [1.82, 2.24) is 14.7 Å². The van der Waals surface area contributed by atoms with Gasteiger partial charge in [0.05, 0.1) is 156 Å². The minimum atomic E-state index is -3.71. The number of carbonyl (C=O) groups is 3. The molecule has 0 saturated heterocycles. The van der Waals surface area contributed by atoms with Crippen LogP contribution in [0.3, 0.4) is 0 Å². The van der Waals surface area contributed by atoms with Crippen LogP contribution in [0.15, 0.2) is 39.7 Å². The Morgan fingerprint density at radius 1 is 0.645 bits per heavy atom. The molecule has 0 aliphatic carbocycles. The van der Waals surface area contributed by atoms with Crippen molar-refractivity contribution in [2.75, 3.05) is 173 Å². The average Bonchev–Trinajstić information content (AvgIpc) is 3.56. The third-order valence-electron chi connectivity index (χ3n) is 9.84. The second kappa shape index (κ2) is 38.6. The number of fused-ring (bicyclic) bond motifs is 1. The zero-order chi connectivity index (χ0) is 55.4. The van der Waals surface area contributed by atoms with Crippen LogP contribution in [0.25, 0.3) is 6.08 Å². The summed E-state index contributed by atoms with van der Waals surface area (Å²) in [5.41, 5.74) is 7.27. The van der Waals surface area contributed by atoms with Crippen LogP contribution in [0.1, 0.15) is 31.7 Å². The highest BCUT2D eigenvalue weighted by atomic mass is 32.2. The number of amidine groups is 1. The van der Waals surface area contributed by atoms with Gasteiger partial charge in [0.15, 0.2) is 11.6 Å². The van der Waals surface area contributed by atoms with E-state index >= 15 is 0 Å². The number of carbonyl (C=O) groups excluding carboxylic acids is 3. The molecule has 3 N–H and O–H groups in total. The van der Waals surface area contributed by atoms with E-state index in [4.69, 9.17) is 62.7 Å². The zero-order valence-electron chi connectivity index (χ0n) is 43.2. The van der Waals surface area contributed by atoms with Gasteiger partial charge in [-0.1, -0.05) is 13.0 Å². The fourth-order valence-electron chi connectivity index (χ4n) is 6.06. The normalized spacial score (nSPS) is 12.5. The van der Waals surface area contributed by atoms with Crippen molar-refractivity contribution in [1.29, 1.82) is 0 Å². The molecule has 2 aromatic rings. The third kappa shape index (κ3) is 26.4. The molecule has 0 saturated carbocycles. The van der Waals surface area contributed by atoms with Crippen molar-refractivity contribution < 1.29 is 102 Å². The number of hydrogen-bond acceptors (Lipinski definition) is 20. The number of halogens is 4. The lowest BCUT2D eigenvalue weighted by atomic mass is 10.1. The molecular formula is C48H71F4N5O18S. The predicted octanol–water partition coefficient (Wildman–Crippen LogP) is 3.33. The van der Waals surface area contributed by atoms with Gasteiger partial charge in [-0.2, -0.15) is 8.78 Å². The van der Waals surface area contributed by atoms with Crippen LogP contribution in [0.2, 0.25) is 0 Å². The molecule has 0 atom stereocenters. The lowest BCUT2D eigenvalue weighted by molar-refractivity contribution is -0.181. The first-order valence-corrected chi connectivity index (χ1v) is 25.9. The lowest BCUT2D eigenvalue weighted by Gasteiger charge is -2.22. The highest BCUT2D eigenvalue weighted by Crippen LogP contribution is 2.31. The summed E-state index contributed by atoms with van der Waals surface area (Å²) >= 11 is 0. The van der Waals surface area contributed by atoms with Crippen molar-refractivity contribution in [2.45, 2.75) is 31.1 Å². The van der Waals surface area contributed by atoms with Crippen molar-refractivity contribution >= 4 is 45.6 Å². The van der Waals surface area contributed by atoms with Crippen molar-refractivity contribution in [2.24, 2.45) is 10.7 Å². The van der Waals surface area contributed by atoms with Gasteiger partial charge in [0.1, 0.15) is 12.4 Å². The number of hydroxylamine groups is 2. The Hall–Kier alpha value is -4.95. The highest BCUT2D eigenvalue weighted by molar-refractivity contribution is 7.89. The maximum Gasteiger partial charge on any atom is 0.407 e. The second-order valence-electron chi connectivity index (χ2n) is 15.9. The zero-order valence-corrected chi connectivity index (χ0v) is 44.0. The molecule has 0 aromatic heterocycles.